The molecule has 0 amide bonds. The Hall–Kier alpha value is -3.31. The number of guanidine groups is 1. The Balaban J connectivity index is 1.65. The Kier molecular flexibility index (Phi) is 10.7. The molecule has 0 aliphatic rings. The molecule has 0 aliphatic heterocycles. The summed E-state index contributed by atoms with van der Waals surface area (Å²) >= 11 is 5.85. The zero-order valence-electron chi connectivity index (χ0n) is 17.5. The van der Waals surface area contributed by atoms with Crippen LogP contribution >= 0.6 is 11.6 Å². The van der Waals surface area contributed by atoms with E-state index in [2.05, 4.69) is 15.6 Å². The van der Waals surface area contributed by atoms with Crippen molar-refractivity contribution in [3.05, 3.63) is 53.8 Å². The summed E-state index contributed by atoms with van der Waals surface area (Å²) in [6, 6.07) is 11.0. The average Bonchev–Trinajstić information content (AvgIpc) is 2.76. The molecule has 2 rings (SSSR count). The minimum absolute atomic E-state index is 0.151. The van der Waals surface area contributed by atoms with E-state index in [0.717, 1.165) is 37.1 Å². The Morgan fingerprint density at radius 3 is 2.52 bits per heavy atom. The molecule has 164 valence electrons. The molecule has 0 spiro atoms. The van der Waals surface area contributed by atoms with E-state index in [0.29, 0.717) is 24.1 Å². The fourth-order valence-electron chi connectivity index (χ4n) is 2.57. The quantitative estimate of drug-likeness (QED) is 0.104. The summed E-state index contributed by atoms with van der Waals surface area (Å²) in [5.74, 6) is 0.882. The smallest absolute Gasteiger partial charge is 0.307 e. The van der Waals surface area contributed by atoms with Crippen molar-refractivity contribution in [1.82, 2.24) is 5.32 Å². The van der Waals surface area contributed by atoms with Crippen LogP contribution in [0.15, 0.2) is 53.8 Å². The second-order valence-corrected chi connectivity index (χ2v) is 7.11. The van der Waals surface area contributed by atoms with Crippen molar-refractivity contribution in [3.63, 3.8) is 0 Å². The molecule has 31 heavy (non-hydrogen) atoms. The molecule has 0 radical (unpaired) electrons. The van der Waals surface area contributed by atoms with E-state index in [9.17, 15) is 4.79 Å². The number of anilines is 1. The molecule has 0 atom stereocenters. The van der Waals surface area contributed by atoms with Gasteiger partial charge in [0.15, 0.2) is 18.6 Å². The van der Waals surface area contributed by atoms with Crippen LogP contribution in [-0.4, -0.2) is 25.1 Å². The number of nitrogens with one attached hydrogen (secondary N) is 2. The van der Waals surface area contributed by atoms with Crippen LogP contribution < -0.4 is 19.9 Å². The van der Waals surface area contributed by atoms with E-state index < -0.39 is 0 Å². The number of rotatable bonds is 11. The van der Waals surface area contributed by atoms with Gasteiger partial charge >= 0.3 is 5.97 Å². The van der Waals surface area contributed by atoms with Crippen molar-refractivity contribution in [1.29, 1.82) is 5.26 Å². The lowest BCUT2D eigenvalue weighted by Gasteiger charge is -2.08. The highest BCUT2D eigenvalue weighted by Crippen LogP contribution is 2.16. The van der Waals surface area contributed by atoms with E-state index >= 15 is 0 Å². The lowest BCUT2D eigenvalue weighted by atomic mass is 10.2. The molecular formula is C22H27ClN5O3+. The van der Waals surface area contributed by atoms with Gasteiger partial charge < -0.3 is 14.8 Å². The predicted molar refractivity (Wildman–Crippen MR) is 118 cm³/mol. The number of hydrogen-bond donors (Lipinski definition) is 2. The molecular weight excluding hydrogens is 418 g/mol. The standard InChI is InChI=1S/C22H26ClN5O3/c1-18(29)31-17-28-13-10-20(11-14-28)27-22(26-16-24)25-12-4-2-3-5-15-30-21-8-6-19(23)7-9-21/h6-11,13-14H,2-5,12,15,17H2,1H3,(H,25,26)/p+1. The molecule has 9 heteroatoms. The number of nitriles is 1. The summed E-state index contributed by atoms with van der Waals surface area (Å²) in [7, 11) is 0. The van der Waals surface area contributed by atoms with E-state index in [-0.39, 0.29) is 12.7 Å². The summed E-state index contributed by atoms with van der Waals surface area (Å²) < 4.78 is 12.3. The first-order valence-corrected chi connectivity index (χ1v) is 10.4. The third kappa shape index (κ3) is 10.3. The second kappa shape index (κ2) is 13.8. The van der Waals surface area contributed by atoms with Gasteiger partial charge in [-0.15, -0.1) is 0 Å². The van der Waals surface area contributed by atoms with Crippen LogP contribution in [0.25, 0.3) is 0 Å². The molecule has 0 aliphatic carbocycles. The molecule has 0 unspecified atom stereocenters. The number of nitrogens with zero attached hydrogens (tertiary/aromatic N) is 3. The number of esters is 1. The van der Waals surface area contributed by atoms with Gasteiger partial charge in [-0.25, -0.2) is 0 Å². The summed E-state index contributed by atoms with van der Waals surface area (Å²) in [4.78, 5) is 15.3. The second-order valence-electron chi connectivity index (χ2n) is 6.67. The number of hydrogen-bond acceptors (Lipinski definition) is 5. The van der Waals surface area contributed by atoms with Gasteiger partial charge in [-0.05, 0) is 43.5 Å². The average molecular weight is 445 g/mol. The van der Waals surface area contributed by atoms with Gasteiger partial charge in [0.1, 0.15) is 5.75 Å². The summed E-state index contributed by atoms with van der Waals surface area (Å²) in [6.45, 7) is 2.78. The van der Waals surface area contributed by atoms with E-state index in [1.54, 1.807) is 29.1 Å². The highest BCUT2D eigenvalue weighted by molar-refractivity contribution is 6.30. The van der Waals surface area contributed by atoms with Gasteiger partial charge in [-0.2, -0.15) is 9.83 Å². The zero-order valence-corrected chi connectivity index (χ0v) is 18.3. The van der Waals surface area contributed by atoms with E-state index in [4.69, 9.17) is 26.3 Å². The van der Waals surface area contributed by atoms with E-state index in [1.807, 2.05) is 30.5 Å². The molecule has 0 fully saturated rings. The van der Waals surface area contributed by atoms with Crippen molar-refractivity contribution in [2.45, 2.75) is 39.3 Å². The van der Waals surface area contributed by atoms with Gasteiger partial charge in [-0.3, -0.25) is 15.1 Å². The number of aromatic nitrogens is 1. The Morgan fingerprint density at radius 1 is 1.13 bits per heavy atom. The molecule has 8 nitrogen and oxygen atoms in total. The summed E-state index contributed by atoms with van der Waals surface area (Å²) in [5.41, 5.74) is 0.764. The van der Waals surface area contributed by atoms with Gasteiger partial charge in [-0.1, -0.05) is 18.0 Å². The van der Waals surface area contributed by atoms with Crippen LogP contribution in [0, 0.1) is 11.5 Å². The van der Waals surface area contributed by atoms with Gasteiger partial charge in [0.25, 0.3) is 6.73 Å². The summed E-state index contributed by atoms with van der Waals surface area (Å²) in [5, 5.41) is 15.3. The van der Waals surface area contributed by atoms with Crippen LogP contribution in [0.5, 0.6) is 5.75 Å². The lowest BCUT2D eigenvalue weighted by molar-refractivity contribution is -0.727. The molecule has 1 heterocycles. The molecule has 0 saturated heterocycles. The highest BCUT2D eigenvalue weighted by Gasteiger charge is 2.05. The first kappa shape index (κ1) is 24.0. The number of benzene rings is 1. The van der Waals surface area contributed by atoms with Crippen molar-refractivity contribution < 1.29 is 18.8 Å². The van der Waals surface area contributed by atoms with Gasteiger partial charge in [0, 0.05) is 30.6 Å². The topological polar surface area (TPSA) is 99.6 Å². The third-order valence-corrected chi connectivity index (χ3v) is 4.40. The molecule has 1 aromatic heterocycles. The van der Waals surface area contributed by atoms with Crippen molar-refractivity contribution in [2.75, 3.05) is 18.5 Å². The molecule has 0 saturated carbocycles. The number of ether oxygens (including phenoxy) is 2. The maximum Gasteiger partial charge on any atom is 0.307 e. The van der Waals surface area contributed by atoms with Crippen molar-refractivity contribution in [3.8, 4) is 11.9 Å². The van der Waals surface area contributed by atoms with Crippen LogP contribution in [0.3, 0.4) is 0 Å². The van der Waals surface area contributed by atoms with Gasteiger partial charge in [0.05, 0.1) is 12.3 Å². The number of carbonyl (C=O) groups is 1. The third-order valence-electron chi connectivity index (χ3n) is 4.15. The molecule has 1 aromatic carbocycles. The maximum absolute atomic E-state index is 10.9. The molecule has 0 bridgehead atoms. The largest absolute Gasteiger partial charge is 0.494 e. The van der Waals surface area contributed by atoms with Crippen LogP contribution in [-0.2, 0) is 16.3 Å². The molecule has 2 N–H and O–H groups in total. The lowest BCUT2D eigenvalue weighted by Crippen LogP contribution is -2.35. The predicted octanol–water partition coefficient (Wildman–Crippen LogP) is 3.63. The fraction of sp³-hybridized carbons (Fsp3) is 0.364. The Labute approximate surface area is 187 Å². The summed E-state index contributed by atoms with van der Waals surface area (Å²) in [6.07, 6.45) is 9.36. The zero-order chi connectivity index (χ0) is 22.3. The Bertz CT molecular complexity index is 880. The SMILES string of the molecule is CC(=O)OC[n+]1ccc(NC(=NCCCCCCOc2ccc(Cl)cc2)NC#N)cc1. The maximum atomic E-state index is 10.9. The van der Waals surface area contributed by atoms with E-state index in [1.165, 1.54) is 6.92 Å². The fourth-order valence-corrected chi connectivity index (χ4v) is 2.70. The monoisotopic (exact) mass is 444 g/mol. The van der Waals surface area contributed by atoms with Crippen molar-refractivity contribution >= 4 is 29.2 Å². The van der Waals surface area contributed by atoms with Crippen LogP contribution in [0.2, 0.25) is 5.02 Å². The number of aliphatic imine (C=N–C) groups is 1. The highest BCUT2D eigenvalue weighted by atomic mass is 35.5. The number of pyridine rings is 1. The Morgan fingerprint density at radius 2 is 1.84 bits per heavy atom. The van der Waals surface area contributed by atoms with Crippen LogP contribution in [0.1, 0.15) is 32.6 Å². The molecule has 2 aromatic rings. The number of halogens is 1. The minimum Gasteiger partial charge on any atom is -0.494 e. The van der Waals surface area contributed by atoms with Crippen LogP contribution in [0.4, 0.5) is 5.69 Å². The minimum atomic E-state index is -0.337. The normalized spacial score (nSPS) is 10.8. The number of unbranched alkanes of at least 4 members (excludes halogenated alkanes) is 3. The first-order chi connectivity index (χ1) is 15.1. The van der Waals surface area contributed by atoms with Crippen molar-refractivity contribution in [2.24, 2.45) is 4.99 Å². The number of carbonyl (C=O) groups excluding carboxylic acids is 1. The first-order valence-electron chi connectivity index (χ1n) is 10.0. The van der Waals surface area contributed by atoms with Gasteiger partial charge in [0.2, 0.25) is 5.96 Å².